The number of nitrogens with zero attached hydrogens (tertiary/aromatic N) is 2. The Hall–Kier alpha value is -1.31. The third-order valence-corrected chi connectivity index (χ3v) is 4.33. The van der Waals surface area contributed by atoms with Crippen LogP contribution in [-0.4, -0.2) is 52.9 Å². The Kier molecular flexibility index (Phi) is 4.85. The molecule has 1 aromatic carbocycles. The number of halogens is 1. The predicted molar refractivity (Wildman–Crippen MR) is 83.6 cm³/mol. The molecule has 0 radical (unpaired) electrons. The molecule has 6 heteroatoms. The molecule has 0 saturated carbocycles. The highest BCUT2D eigenvalue weighted by Crippen LogP contribution is 2.21. The normalized spacial score (nSPS) is 15.9. The maximum absolute atomic E-state index is 12.4. The highest BCUT2D eigenvalue weighted by Gasteiger charge is 2.21. The van der Waals surface area contributed by atoms with Gasteiger partial charge in [-0.3, -0.25) is 9.59 Å². The second-order valence-electron chi connectivity index (χ2n) is 4.82. The molecule has 1 fully saturated rings. The number of carbonyl (C=O) groups excluding carboxylic acids is 2. The van der Waals surface area contributed by atoms with Gasteiger partial charge < -0.3 is 14.9 Å². The number of hydrogen-bond donors (Lipinski definition) is 1. The van der Waals surface area contributed by atoms with Crippen molar-refractivity contribution in [1.82, 2.24) is 9.80 Å². The number of phenolic OH excluding ortho intramolecular Hbond substituents is 1. The van der Waals surface area contributed by atoms with E-state index in [0.29, 0.717) is 31.7 Å². The quantitative estimate of drug-likeness (QED) is 0.745. The van der Waals surface area contributed by atoms with E-state index in [-0.39, 0.29) is 17.6 Å². The molecule has 0 aliphatic carbocycles. The molecule has 108 valence electrons. The summed E-state index contributed by atoms with van der Waals surface area (Å²) in [5.41, 5.74) is 0.485. The molecule has 5 nitrogen and oxygen atoms in total. The van der Waals surface area contributed by atoms with Crippen molar-refractivity contribution in [3.63, 3.8) is 0 Å². The molecule has 20 heavy (non-hydrogen) atoms. The Morgan fingerprint density at radius 3 is 2.45 bits per heavy atom. The minimum Gasteiger partial charge on any atom is -0.507 e. The van der Waals surface area contributed by atoms with E-state index >= 15 is 0 Å². The first-order valence-corrected chi connectivity index (χ1v) is 7.60. The fourth-order valence-corrected chi connectivity index (χ4v) is 2.60. The highest BCUT2D eigenvalue weighted by atomic mass is 127. The van der Waals surface area contributed by atoms with Gasteiger partial charge >= 0.3 is 0 Å². The van der Waals surface area contributed by atoms with Gasteiger partial charge in [0.1, 0.15) is 5.75 Å². The molecule has 0 spiro atoms. The zero-order valence-corrected chi connectivity index (χ0v) is 13.5. The van der Waals surface area contributed by atoms with Crippen LogP contribution in [0.1, 0.15) is 23.7 Å². The van der Waals surface area contributed by atoms with Crippen molar-refractivity contribution < 1.29 is 14.7 Å². The minimum atomic E-state index is -0.0953. The van der Waals surface area contributed by atoms with Crippen LogP contribution in [-0.2, 0) is 4.79 Å². The summed E-state index contributed by atoms with van der Waals surface area (Å²) in [6.45, 7) is 3.98. The van der Waals surface area contributed by atoms with Crippen molar-refractivity contribution in [3.05, 3.63) is 27.3 Å². The lowest BCUT2D eigenvalue weighted by atomic mass is 10.2. The predicted octanol–water partition coefficient (Wildman–Crippen LogP) is 1.69. The SMILES string of the molecule is CC(=O)N1CCCN(C(=O)c2ccc(I)c(O)c2)CC1. The number of aromatic hydroxyl groups is 1. The van der Waals surface area contributed by atoms with Gasteiger partial charge in [0.15, 0.2) is 0 Å². The molecule has 1 saturated heterocycles. The summed E-state index contributed by atoms with van der Waals surface area (Å²) in [6.07, 6.45) is 0.779. The Bertz CT molecular complexity index is 533. The smallest absolute Gasteiger partial charge is 0.254 e. The van der Waals surface area contributed by atoms with E-state index in [1.54, 1.807) is 28.9 Å². The van der Waals surface area contributed by atoms with Crippen molar-refractivity contribution in [2.75, 3.05) is 26.2 Å². The maximum Gasteiger partial charge on any atom is 0.254 e. The number of carbonyl (C=O) groups is 2. The van der Waals surface area contributed by atoms with Crippen molar-refractivity contribution in [2.24, 2.45) is 0 Å². The zero-order chi connectivity index (χ0) is 14.7. The molecule has 2 rings (SSSR count). The van der Waals surface area contributed by atoms with E-state index in [2.05, 4.69) is 0 Å². The molecule has 1 aromatic rings. The van der Waals surface area contributed by atoms with Gasteiger partial charge in [0.25, 0.3) is 5.91 Å². The van der Waals surface area contributed by atoms with Crippen LogP contribution in [0.3, 0.4) is 0 Å². The van der Waals surface area contributed by atoms with Crippen LogP contribution in [0.5, 0.6) is 5.75 Å². The van der Waals surface area contributed by atoms with Gasteiger partial charge in [-0.1, -0.05) is 0 Å². The Labute approximate surface area is 131 Å². The molecule has 0 atom stereocenters. The van der Waals surface area contributed by atoms with Gasteiger partial charge in [-0.2, -0.15) is 0 Å². The average molecular weight is 388 g/mol. The number of rotatable bonds is 1. The molecule has 2 amide bonds. The number of amides is 2. The lowest BCUT2D eigenvalue weighted by Crippen LogP contribution is -2.36. The Morgan fingerprint density at radius 2 is 1.80 bits per heavy atom. The lowest BCUT2D eigenvalue weighted by Gasteiger charge is -2.21. The van der Waals surface area contributed by atoms with E-state index in [0.717, 1.165) is 9.99 Å². The molecule has 0 aromatic heterocycles. The van der Waals surface area contributed by atoms with E-state index in [1.807, 2.05) is 22.6 Å². The van der Waals surface area contributed by atoms with Crippen LogP contribution in [0.25, 0.3) is 0 Å². The first-order chi connectivity index (χ1) is 9.49. The van der Waals surface area contributed by atoms with Gasteiger partial charge in [0.05, 0.1) is 3.57 Å². The molecule has 1 heterocycles. The molecular weight excluding hydrogens is 371 g/mol. The van der Waals surface area contributed by atoms with Crippen LogP contribution in [0.4, 0.5) is 0 Å². The first-order valence-electron chi connectivity index (χ1n) is 6.52. The summed E-state index contributed by atoms with van der Waals surface area (Å²) in [5, 5.41) is 9.69. The summed E-state index contributed by atoms with van der Waals surface area (Å²) in [4.78, 5) is 27.3. The van der Waals surface area contributed by atoms with E-state index < -0.39 is 0 Å². The van der Waals surface area contributed by atoms with E-state index in [9.17, 15) is 14.7 Å². The average Bonchev–Trinajstić information content (AvgIpc) is 2.67. The molecular formula is C14H17IN2O3. The van der Waals surface area contributed by atoms with Crippen molar-refractivity contribution >= 4 is 34.4 Å². The maximum atomic E-state index is 12.4. The third-order valence-electron chi connectivity index (χ3n) is 3.42. The number of benzene rings is 1. The molecule has 1 N–H and O–H groups in total. The van der Waals surface area contributed by atoms with Crippen LogP contribution in [0.15, 0.2) is 18.2 Å². The van der Waals surface area contributed by atoms with E-state index in [4.69, 9.17) is 0 Å². The van der Waals surface area contributed by atoms with Crippen LogP contribution >= 0.6 is 22.6 Å². The van der Waals surface area contributed by atoms with E-state index in [1.165, 1.54) is 6.07 Å². The van der Waals surface area contributed by atoms with Gasteiger partial charge in [-0.05, 0) is 47.2 Å². The summed E-state index contributed by atoms with van der Waals surface area (Å²) in [5.74, 6) is 0.0740. The van der Waals surface area contributed by atoms with Gasteiger partial charge in [0.2, 0.25) is 5.91 Å². The number of phenols is 1. The monoisotopic (exact) mass is 388 g/mol. The minimum absolute atomic E-state index is 0.0474. The largest absolute Gasteiger partial charge is 0.507 e. The lowest BCUT2D eigenvalue weighted by molar-refractivity contribution is -0.128. The molecule has 1 aliphatic rings. The second kappa shape index (κ2) is 6.43. The molecule has 0 bridgehead atoms. The third kappa shape index (κ3) is 3.41. The van der Waals surface area contributed by atoms with Gasteiger partial charge in [-0.25, -0.2) is 0 Å². The molecule has 1 aliphatic heterocycles. The van der Waals surface area contributed by atoms with Crippen molar-refractivity contribution in [1.29, 1.82) is 0 Å². The van der Waals surface area contributed by atoms with Gasteiger partial charge in [0, 0.05) is 38.7 Å². The highest BCUT2D eigenvalue weighted by molar-refractivity contribution is 14.1. The summed E-state index contributed by atoms with van der Waals surface area (Å²) in [7, 11) is 0. The summed E-state index contributed by atoms with van der Waals surface area (Å²) < 4.78 is 0.720. The fourth-order valence-electron chi connectivity index (χ4n) is 2.26. The van der Waals surface area contributed by atoms with Crippen LogP contribution in [0, 0.1) is 3.57 Å². The fraction of sp³-hybridized carbons (Fsp3) is 0.429. The van der Waals surface area contributed by atoms with Crippen molar-refractivity contribution in [2.45, 2.75) is 13.3 Å². The van der Waals surface area contributed by atoms with Crippen molar-refractivity contribution in [3.8, 4) is 5.75 Å². The second-order valence-corrected chi connectivity index (χ2v) is 5.98. The standard InChI is InChI=1S/C14H17IN2O3/c1-10(18)16-5-2-6-17(8-7-16)14(20)11-3-4-12(15)13(19)9-11/h3-4,9,19H,2,5-8H2,1H3. The Morgan fingerprint density at radius 1 is 1.15 bits per heavy atom. The first kappa shape index (κ1) is 15.1. The van der Waals surface area contributed by atoms with Crippen LogP contribution < -0.4 is 0 Å². The number of hydrogen-bond acceptors (Lipinski definition) is 3. The Balaban J connectivity index is 2.09. The molecule has 0 unspecified atom stereocenters. The van der Waals surface area contributed by atoms with Crippen LogP contribution in [0.2, 0.25) is 0 Å². The zero-order valence-electron chi connectivity index (χ0n) is 11.3. The topological polar surface area (TPSA) is 60.9 Å². The van der Waals surface area contributed by atoms with Gasteiger partial charge in [-0.15, -0.1) is 0 Å². The summed E-state index contributed by atoms with van der Waals surface area (Å²) >= 11 is 2.02. The summed E-state index contributed by atoms with van der Waals surface area (Å²) in [6, 6.07) is 4.94.